The van der Waals surface area contributed by atoms with Crippen LogP contribution in [0.25, 0.3) is 0 Å². The molecule has 1 amide bonds. The predicted molar refractivity (Wildman–Crippen MR) is 84.8 cm³/mol. The zero-order valence-electron chi connectivity index (χ0n) is 12.7. The Morgan fingerprint density at radius 2 is 1.86 bits per heavy atom. The van der Waals surface area contributed by atoms with E-state index in [4.69, 9.17) is 11.0 Å². The quantitative estimate of drug-likeness (QED) is 0.930. The third kappa shape index (κ3) is 3.00. The lowest BCUT2D eigenvalue weighted by Gasteiger charge is -2.37. The minimum Gasteiger partial charge on any atom is -0.368 e. The van der Waals surface area contributed by atoms with Crippen molar-refractivity contribution in [2.24, 2.45) is 5.73 Å². The Bertz CT molecular complexity index is 567. The standard InChI is InChI=1S/C18H22N3O/c19-12-13-3-5-14(6-4-13)15-7-9-16(10-8-15)21-11-1-2-17(21)18(20)22/h2-6,15-17H,1,7-11H2,(H2,20,22). The summed E-state index contributed by atoms with van der Waals surface area (Å²) in [5.41, 5.74) is 7.55. The minimum absolute atomic E-state index is 0.170. The van der Waals surface area contributed by atoms with Crippen molar-refractivity contribution in [3.8, 4) is 6.07 Å². The molecule has 115 valence electrons. The lowest BCUT2D eigenvalue weighted by atomic mass is 9.81. The number of hydrogen-bond acceptors (Lipinski definition) is 3. The van der Waals surface area contributed by atoms with Gasteiger partial charge in [-0.15, -0.1) is 0 Å². The van der Waals surface area contributed by atoms with Gasteiger partial charge in [-0.3, -0.25) is 9.69 Å². The highest BCUT2D eigenvalue weighted by atomic mass is 16.1. The summed E-state index contributed by atoms with van der Waals surface area (Å²) in [5, 5.41) is 8.87. The van der Waals surface area contributed by atoms with Gasteiger partial charge in [0, 0.05) is 6.04 Å². The highest BCUT2D eigenvalue weighted by molar-refractivity contribution is 5.81. The van der Waals surface area contributed by atoms with Crippen LogP contribution in [-0.2, 0) is 4.79 Å². The van der Waals surface area contributed by atoms with Crippen molar-refractivity contribution in [3.05, 3.63) is 41.8 Å². The Hall–Kier alpha value is -1.86. The number of hydrogen-bond donors (Lipinski definition) is 1. The number of nitrogens with two attached hydrogens (primary N) is 1. The van der Waals surface area contributed by atoms with Gasteiger partial charge < -0.3 is 5.73 Å². The number of carbonyl (C=O) groups is 1. The predicted octanol–water partition coefficient (Wildman–Crippen LogP) is 2.35. The number of benzene rings is 1. The Labute approximate surface area is 131 Å². The zero-order chi connectivity index (χ0) is 15.5. The van der Waals surface area contributed by atoms with Crippen molar-refractivity contribution in [2.75, 3.05) is 6.54 Å². The molecule has 1 saturated carbocycles. The fraction of sp³-hybridized carbons (Fsp3) is 0.500. The number of nitrogens with zero attached hydrogens (tertiary/aromatic N) is 2. The number of carbonyl (C=O) groups excluding carboxylic acids is 1. The second-order valence-corrected chi connectivity index (χ2v) is 6.35. The summed E-state index contributed by atoms with van der Waals surface area (Å²) in [6.07, 6.45) is 7.51. The molecule has 1 saturated heterocycles. The van der Waals surface area contributed by atoms with E-state index in [1.807, 2.05) is 12.1 Å². The van der Waals surface area contributed by atoms with Crippen LogP contribution in [-0.4, -0.2) is 29.4 Å². The van der Waals surface area contributed by atoms with Gasteiger partial charge in [-0.2, -0.15) is 5.26 Å². The first kappa shape index (κ1) is 15.1. The Morgan fingerprint density at radius 1 is 1.18 bits per heavy atom. The molecule has 1 heterocycles. The van der Waals surface area contributed by atoms with Crippen molar-refractivity contribution >= 4 is 5.91 Å². The van der Waals surface area contributed by atoms with Crippen LogP contribution in [0, 0.1) is 17.8 Å². The summed E-state index contributed by atoms with van der Waals surface area (Å²) >= 11 is 0. The first-order valence-electron chi connectivity index (χ1n) is 8.07. The molecule has 4 nitrogen and oxygen atoms in total. The smallest absolute Gasteiger partial charge is 0.235 e. The average molecular weight is 296 g/mol. The summed E-state index contributed by atoms with van der Waals surface area (Å²) in [7, 11) is 0. The molecule has 1 radical (unpaired) electrons. The third-order valence-corrected chi connectivity index (χ3v) is 5.10. The van der Waals surface area contributed by atoms with E-state index in [2.05, 4.69) is 29.5 Å². The molecule has 0 bridgehead atoms. The molecule has 2 fully saturated rings. The molecule has 4 heteroatoms. The molecule has 0 spiro atoms. The third-order valence-electron chi connectivity index (χ3n) is 5.10. The zero-order valence-corrected chi connectivity index (χ0v) is 12.7. The molecule has 22 heavy (non-hydrogen) atoms. The molecular weight excluding hydrogens is 274 g/mol. The first-order chi connectivity index (χ1) is 10.7. The summed E-state index contributed by atoms with van der Waals surface area (Å²) in [5.74, 6) is 0.356. The van der Waals surface area contributed by atoms with Crippen LogP contribution in [0.1, 0.15) is 49.1 Å². The summed E-state index contributed by atoms with van der Waals surface area (Å²) < 4.78 is 0. The Balaban J connectivity index is 1.60. The van der Waals surface area contributed by atoms with Crippen molar-refractivity contribution in [1.29, 1.82) is 5.26 Å². The molecule has 1 aliphatic heterocycles. The maximum atomic E-state index is 11.5. The van der Waals surface area contributed by atoms with Crippen molar-refractivity contribution in [1.82, 2.24) is 4.90 Å². The first-order valence-corrected chi connectivity index (χ1v) is 8.07. The topological polar surface area (TPSA) is 70.1 Å². The maximum absolute atomic E-state index is 11.5. The summed E-state index contributed by atoms with van der Waals surface area (Å²) in [6.45, 7) is 0.958. The second-order valence-electron chi connectivity index (χ2n) is 6.35. The molecule has 1 unspecified atom stereocenters. The van der Waals surface area contributed by atoms with E-state index >= 15 is 0 Å². The van der Waals surface area contributed by atoms with E-state index < -0.39 is 0 Å². The number of amides is 1. The monoisotopic (exact) mass is 296 g/mol. The molecule has 1 aromatic carbocycles. The highest BCUT2D eigenvalue weighted by Gasteiger charge is 2.36. The van der Waals surface area contributed by atoms with Gasteiger partial charge in [0.2, 0.25) is 5.91 Å². The van der Waals surface area contributed by atoms with Gasteiger partial charge in [0.1, 0.15) is 0 Å². The van der Waals surface area contributed by atoms with E-state index in [1.54, 1.807) is 0 Å². The van der Waals surface area contributed by atoms with Gasteiger partial charge in [-0.05, 0) is 68.7 Å². The van der Waals surface area contributed by atoms with Gasteiger partial charge >= 0.3 is 0 Å². The summed E-state index contributed by atoms with van der Waals surface area (Å²) in [4.78, 5) is 13.8. The van der Waals surface area contributed by atoms with Crippen molar-refractivity contribution in [3.63, 3.8) is 0 Å². The molecule has 1 aromatic rings. The molecular formula is C18H22N3O. The lowest BCUT2D eigenvalue weighted by Crippen LogP contribution is -2.47. The molecule has 2 aliphatic rings. The summed E-state index contributed by atoms with van der Waals surface area (Å²) in [6, 6.07) is 10.4. The van der Waals surface area contributed by atoms with Gasteiger partial charge in [-0.1, -0.05) is 12.1 Å². The van der Waals surface area contributed by atoms with Crippen LogP contribution in [0.5, 0.6) is 0 Å². The Kier molecular flexibility index (Phi) is 4.44. The van der Waals surface area contributed by atoms with Gasteiger partial charge in [0.15, 0.2) is 0 Å². The largest absolute Gasteiger partial charge is 0.368 e. The number of nitriles is 1. The van der Waals surface area contributed by atoms with Gasteiger partial charge in [0.25, 0.3) is 0 Å². The maximum Gasteiger partial charge on any atom is 0.235 e. The van der Waals surface area contributed by atoms with Crippen LogP contribution in [0.4, 0.5) is 0 Å². The van der Waals surface area contributed by atoms with Crippen LogP contribution >= 0.6 is 0 Å². The second kappa shape index (κ2) is 6.50. The van der Waals surface area contributed by atoms with E-state index in [1.165, 1.54) is 5.56 Å². The number of rotatable bonds is 3. The molecule has 2 N–H and O–H groups in total. The normalized spacial score (nSPS) is 29.1. The van der Waals surface area contributed by atoms with Crippen molar-refractivity contribution < 1.29 is 4.79 Å². The van der Waals surface area contributed by atoms with E-state index in [-0.39, 0.29) is 11.9 Å². The van der Waals surface area contributed by atoms with Crippen LogP contribution in [0.3, 0.4) is 0 Å². The molecule has 0 aromatic heterocycles. The Morgan fingerprint density at radius 3 is 2.45 bits per heavy atom. The fourth-order valence-corrected chi connectivity index (χ4v) is 3.92. The average Bonchev–Trinajstić information content (AvgIpc) is 3.05. The van der Waals surface area contributed by atoms with E-state index in [9.17, 15) is 4.79 Å². The minimum atomic E-state index is -0.216. The fourth-order valence-electron chi connectivity index (χ4n) is 3.92. The van der Waals surface area contributed by atoms with E-state index in [0.717, 1.165) is 38.6 Å². The van der Waals surface area contributed by atoms with Crippen LogP contribution < -0.4 is 5.73 Å². The molecule has 3 rings (SSSR count). The highest BCUT2D eigenvalue weighted by Crippen LogP contribution is 2.36. The van der Waals surface area contributed by atoms with Crippen LogP contribution in [0.15, 0.2) is 24.3 Å². The molecule has 1 aliphatic carbocycles. The van der Waals surface area contributed by atoms with Gasteiger partial charge in [0.05, 0.1) is 17.7 Å². The molecule has 1 atom stereocenters. The SMILES string of the molecule is N#Cc1ccc(C2CCC(N3CC[CH]C3C(N)=O)CC2)cc1. The number of primary amides is 1. The van der Waals surface area contributed by atoms with Gasteiger partial charge in [-0.25, -0.2) is 0 Å². The van der Waals surface area contributed by atoms with Crippen molar-refractivity contribution in [2.45, 2.75) is 50.1 Å². The number of likely N-dealkylation sites (tertiary alicyclic amines) is 1. The lowest BCUT2D eigenvalue weighted by molar-refractivity contribution is -0.122. The van der Waals surface area contributed by atoms with Crippen LogP contribution in [0.2, 0.25) is 0 Å². The van der Waals surface area contributed by atoms with E-state index in [0.29, 0.717) is 17.5 Å².